The molecule has 0 aromatic carbocycles. The van der Waals surface area contributed by atoms with E-state index in [4.69, 9.17) is 4.74 Å². The van der Waals surface area contributed by atoms with Crippen molar-refractivity contribution in [1.29, 1.82) is 0 Å². The van der Waals surface area contributed by atoms with Crippen LogP contribution in [0.15, 0.2) is 71.5 Å². The first kappa shape index (κ1) is 25.9. The van der Waals surface area contributed by atoms with E-state index < -0.39 is 0 Å². The van der Waals surface area contributed by atoms with E-state index >= 15 is 0 Å². The van der Waals surface area contributed by atoms with Crippen molar-refractivity contribution in [2.45, 2.75) is 72.3 Å². The zero-order chi connectivity index (χ0) is 23.2. The monoisotopic (exact) mass is 438 g/mol. The van der Waals surface area contributed by atoms with E-state index in [9.17, 15) is 4.79 Å². The zero-order valence-electron chi connectivity index (χ0n) is 20.5. The standard InChI is InChI=1S/C28H42N2O2/c1-5-30(21-14-13-15-23(2)3)22-20-24(4)32-28(31)29-27-19-12-11-18-26(27)25-16-9-7-6-8-10-17-25/h6-10,12,16-17,19,23-24H,5,11,13-15,18,20-22H2,1-4H3,(H,29,31). The Hall–Kier alpha value is -2.33. The fourth-order valence-corrected chi connectivity index (χ4v) is 3.91. The van der Waals surface area contributed by atoms with Crippen LogP contribution in [0.25, 0.3) is 0 Å². The molecule has 1 N–H and O–H groups in total. The molecule has 2 rings (SSSR count). The summed E-state index contributed by atoms with van der Waals surface area (Å²) in [5.41, 5.74) is 3.10. The van der Waals surface area contributed by atoms with Crippen LogP contribution in [0, 0.1) is 5.92 Å². The third-order valence-corrected chi connectivity index (χ3v) is 5.86. The predicted molar refractivity (Wildman–Crippen MR) is 135 cm³/mol. The summed E-state index contributed by atoms with van der Waals surface area (Å²) < 4.78 is 5.68. The molecule has 0 spiro atoms. The molecule has 4 heteroatoms. The topological polar surface area (TPSA) is 41.6 Å². The fraction of sp³-hybridized carbons (Fsp3) is 0.536. The van der Waals surface area contributed by atoms with Crippen LogP contribution in [0.2, 0.25) is 0 Å². The maximum Gasteiger partial charge on any atom is 0.411 e. The summed E-state index contributed by atoms with van der Waals surface area (Å²) in [5, 5.41) is 2.99. The molecule has 0 saturated heterocycles. The number of allylic oxidation sites excluding steroid dienone is 11. The average molecular weight is 439 g/mol. The minimum Gasteiger partial charge on any atom is -0.446 e. The van der Waals surface area contributed by atoms with Gasteiger partial charge in [0.25, 0.3) is 0 Å². The number of unbranched alkanes of at least 4 members (excludes halogenated alkanes) is 1. The van der Waals surface area contributed by atoms with Crippen molar-refractivity contribution in [3.63, 3.8) is 0 Å². The van der Waals surface area contributed by atoms with Crippen molar-refractivity contribution in [1.82, 2.24) is 10.2 Å². The molecule has 0 fully saturated rings. The van der Waals surface area contributed by atoms with Crippen molar-refractivity contribution >= 4 is 6.09 Å². The first-order valence-corrected chi connectivity index (χ1v) is 12.3. The number of ether oxygens (including phenoxy) is 1. The van der Waals surface area contributed by atoms with Gasteiger partial charge in [-0.3, -0.25) is 5.32 Å². The molecule has 1 amide bonds. The SMILES string of the molecule is CCN(CCCCC(C)C)CCC(C)OC(=O)NC1=C(C2=CC=CC=CC=C2)CCC=C1. The summed E-state index contributed by atoms with van der Waals surface area (Å²) in [6, 6.07) is 0. The van der Waals surface area contributed by atoms with Gasteiger partial charge in [0.15, 0.2) is 0 Å². The van der Waals surface area contributed by atoms with Crippen molar-refractivity contribution < 1.29 is 9.53 Å². The average Bonchev–Trinajstić information content (AvgIpc) is 2.73. The molecule has 2 aliphatic carbocycles. The van der Waals surface area contributed by atoms with Gasteiger partial charge in [0, 0.05) is 12.2 Å². The van der Waals surface area contributed by atoms with E-state index in [1.54, 1.807) is 0 Å². The van der Waals surface area contributed by atoms with Crippen LogP contribution in [0.3, 0.4) is 0 Å². The van der Waals surface area contributed by atoms with E-state index in [0.717, 1.165) is 61.7 Å². The highest BCUT2D eigenvalue weighted by Crippen LogP contribution is 2.26. The van der Waals surface area contributed by atoms with Crippen molar-refractivity contribution in [3.8, 4) is 0 Å². The van der Waals surface area contributed by atoms with E-state index in [2.05, 4.69) is 49.2 Å². The van der Waals surface area contributed by atoms with Crippen molar-refractivity contribution in [2.75, 3.05) is 19.6 Å². The summed E-state index contributed by atoms with van der Waals surface area (Å²) in [5.74, 6) is 0.777. The number of rotatable bonds is 12. The molecule has 176 valence electrons. The molecule has 0 aliphatic heterocycles. The molecule has 0 aromatic rings. The maximum absolute atomic E-state index is 12.6. The minimum atomic E-state index is -0.373. The largest absolute Gasteiger partial charge is 0.446 e. The van der Waals surface area contributed by atoms with Crippen LogP contribution >= 0.6 is 0 Å². The Balaban J connectivity index is 1.84. The Morgan fingerprint density at radius 1 is 1.03 bits per heavy atom. The Morgan fingerprint density at radius 2 is 1.81 bits per heavy atom. The van der Waals surface area contributed by atoms with Gasteiger partial charge in [-0.1, -0.05) is 82.2 Å². The molecule has 0 saturated carbocycles. The van der Waals surface area contributed by atoms with E-state index in [0.29, 0.717) is 0 Å². The van der Waals surface area contributed by atoms with E-state index in [-0.39, 0.29) is 12.2 Å². The van der Waals surface area contributed by atoms with Crippen LogP contribution < -0.4 is 5.32 Å². The summed E-state index contributed by atoms with van der Waals surface area (Å²) in [7, 11) is 0. The highest BCUT2D eigenvalue weighted by atomic mass is 16.6. The molecule has 2 aliphatic rings. The number of amides is 1. The first-order valence-electron chi connectivity index (χ1n) is 12.3. The first-order chi connectivity index (χ1) is 15.5. The van der Waals surface area contributed by atoms with Gasteiger partial charge in [0.2, 0.25) is 0 Å². The van der Waals surface area contributed by atoms with Gasteiger partial charge < -0.3 is 9.64 Å². The zero-order valence-corrected chi connectivity index (χ0v) is 20.5. The number of carbonyl (C=O) groups is 1. The Morgan fingerprint density at radius 3 is 2.59 bits per heavy atom. The van der Waals surface area contributed by atoms with Crippen molar-refractivity contribution in [2.24, 2.45) is 5.92 Å². The van der Waals surface area contributed by atoms with Gasteiger partial charge in [0.05, 0.1) is 0 Å². The van der Waals surface area contributed by atoms with E-state index in [1.807, 2.05) is 43.4 Å². The molecule has 0 bridgehead atoms. The van der Waals surface area contributed by atoms with Gasteiger partial charge in [0.1, 0.15) is 6.10 Å². The summed E-state index contributed by atoms with van der Waals surface area (Å²) in [6.45, 7) is 11.9. The molecular formula is C28H42N2O2. The third-order valence-electron chi connectivity index (χ3n) is 5.86. The van der Waals surface area contributed by atoms with Gasteiger partial charge in [-0.15, -0.1) is 0 Å². The number of carbonyl (C=O) groups excluding carboxylic acids is 1. The Kier molecular flexibility index (Phi) is 11.9. The summed E-state index contributed by atoms with van der Waals surface area (Å²) in [6.07, 6.45) is 24.4. The number of hydrogen-bond acceptors (Lipinski definition) is 3. The number of nitrogens with one attached hydrogen (secondary N) is 1. The summed E-state index contributed by atoms with van der Waals surface area (Å²) >= 11 is 0. The molecule has 32 heavy (non-hydrogen) atoms. The second-order valence-corrected chi connectivity index (χ2v) is 9.04. The summed E-state index contributed by atoms with van der Waals surface area (Å²) in [4.78, 5) is 15.0. The maximum atomic E-state index is 12.6. The molecule has 1 unspecified atom stereocenters. The normalized spacial score (nSPS) is 16.9. The highest BCUT2D eigenvalue weighted by Gasteiger charge is 2.16. The number of alkyl carbamates (subject to hydrolysis) is 1. The quantitative estimate of drug-likeness (QED) is 0.339. The van der Waals surface area contributed by atoms with Crippen LogP contribution in [-0.4, -0.2) is 36.7 Å². The molecule has 0 aromatic heterocycles. The Labute approximate surface area is 195 Å². The fourth-order valence-electron chi connectivity index (χ4n) is 3.91. The molecule has 0 heterocycles. The van der Waals surface area contributed by atoms with Gasteiger partial charge in [-0.2, -0.15) is 0 Å². The second-order valence-electron chi connectivity index (χ2n) is 9.04. The smallest absolute Gasteiger partial charge is 0.411 e. The van der Waals surface area contributed by atoms with Crippen molar-refractivity contribution in [3.05, 3.63) is 71.5 Å². The number of hydrogen-bond donors (Lipinski definition) is 1. The van der Waals surface area contributed by atoms with Crippen LogP contribution in [-0.2, 0) is 4.74 Å². The third kappa shape index (κ3) is 9.86. The van der Waals surface area contributed by atoms with Gasteiger partial charge in [-0.25, -0.2) is 4.79 Å². The molecule has 1 atom stereocenters. The lowest BCUT2D eigenvalue weighted by Gasteiger charge is -2.23. The Bertz CT molecular complexity index is 768. The highest BCUT2D eigenvalue weighted by molar-refractivity contribution is 5.71. The van der Waals surface area contributed by atoms with Crippen LogP contribution in [0.1, 0.15) is 66.2 Å². The van der Waals surface area contributed by atoms with Crippen LogP contribution in [0.5, 0.6) is 0 Å². The lowest BCUT2D eigenvalue weighted by atomic mass is 9.93. The minimum absolute atomic E-state index is 0.120. The predicted octanol–water partition coefficient (Wildman–Crippen LogP) is 6.85. The van der Waals surface area contributed by atoms with E-state index in [1.165, 1.54) is 19.3 Å². The van der Waals surface area contributed by atoms with Crippen LogP contribution in [0.4, 0.5) is 4.79 Å². The number of nitrogens with zero attached hydrogens (tertiary/aromatic N) is 1. The second kappa shape index (κ2) is 14.7. The lowest BCUT2D eigenvalue weighted by Crippen LogP contribution is -2.32. The van der Waals surface area contributed by atoms with Gasteiger partial charge in [-0.05, 0) is 68.8 Å². The molecule has 0 radical (unpaired) electrons. The van der Waals surface area contributed by atoms with Gasteiger partial charge >= 0.3 is 6.09 Å². The molecular weight excluding hydrogens is 396 g/mol. The lowest BCUT2D eigenvalue weighted by molar-refractivity contribution is 0.0964. The molecule has 4 nitrogen and oxygen atoms in total.